The summed E-state index contributed by atoms with van der Waals surface area (Å²) < 4.78 is 16.2. The van der Waals surface area contributed by atoms with E-state index >= 15 is 0 Å². The molecule has 0 radical (unpaired) electrons. The van der Waals surface area contributed by atoms with E-state index in [9.17, 15) is 4.79 Å². The van der Waals surface area contributed by atoms with Gasteiger partial charge in [0.25, 0.3) is 0 Å². The Morgan fingerprint density at radius 2 is 2.00 bits per heavy atom. The second-order valence-electron chi connectivity index (χ2n) is 5.21. The maximum absolute atomic E-state index is 11.3. The summed E-state index contributed by atoms with van der Waals surface area (Å²) in [6.45, 7) is 5.55. The number of nitrogens with zero attached hydrogens (tertiary/aromatic N) is 1. The van der Waals surface area contributed by atoms with Crippen molar-refractivity contribution in [3.8, 4) is 11.5 Å². The van der Waals surface area contributed by atoms with Crippen molar-refractivity contribution in [1.82, 2.24) is 10.2 Å². The lowest BCUT2D eigenvalue weighted by Crippen LogP contribution is -2.43. The van der Waals surface area contributed by atoms with Gasteiger partial charge in [0.05, 0.1) is 19.3 Å². The summed E-state index contributed by atoms with van der Waals surface area (Å²) in [5.41, 5.74) is 1.12. The van der Waals surface area contributed by atoms with E-state index in [1.165, 1.54) is 6.92 Å². The largest absolute Gasteiger partial charge is 0.454 e. The molecule has 0 bridgehead atoms. The predicted molar refractivity (Wildman–Crippen MR) is 83.6 cm³/mol. The van der Waals surface area contributed by atoms with Gasteiger partial charge in [0.2, 0.25) is 12.7 Å². The van der Waals surface area contributed by atoms with Gasteiger partial charge < -0.3 is 19.5 Å². The highest BCUT2D eigenvalue weighted by molar-refractivity contribution is 5.85. The summed E-state index contributed by atoms with van der Waals surface area (Å²) in [5.74, 6) is 1.53. The molecule has 1 amide bonds. The molecule has 3 rings (SSSR count). The number of nitrogens with one attached hydrogen (secondary N) is 1. The van der Waals surface area contributed by atoms with Crippen LogP contribution >= 0.6 is 12.4 Å². The van der Waals surface area contributed by atoms with Crippen molar-refractivity contribution in [1.29, 1.82) is 0 Å². The molecule has 1 aromatic carbocycles. The molecule has 1 N–H and O–H groups in total. The summed E-state index contributed by atoms with van der Waals surface area (Å²) in [7, 11) is 0. The van der Waals surface area contributed by atoms with E-state index in [2.05, 4.69) is 10.2 Å². The van der Waals surface area contributed by atoms with Gasteiger partial charge in [-0.25, -0.2) is 0 Å². The second kappa shape index (κ2) is 7.67. The lowest BCUT2D eigenvalue weighted by molar-refractivity contribution is -0.119. The summed E-state index contributed by atoms with van der Waals surface area (Å²) in [4.78, 5) is 13.6. The van der Waals surface area contributed by atoms with Crippen LogP contribution in [0.3, 0.4) is 0 Å². The van der Waals surface area contributed by atoms with Crippen molar-refractivity contribution in [2.75, 3.05) is 39.6 Å². The third-order valence-corrected chi connectivity index (χ3v) is 3.81. The van der Waals surface area contributed by atoms with Crippen molar-refractivity contribution in [2.45, 2.75) is 13.0 Å². The molecule has 6 nitrogen and oxygen atoms in total. The molecule has 0 aromatic heterocycles. The Balaban J connectivity index is 0.00000176. The number of carbonyl (C=O) groups is 1. The molecule has 1 atom stereocenters. The number of fused-ring (bicyclic) bond motifs is 1. The molecule has 1 saturated heterocycles. The number of hydrogen-bond acceptors (Lipinski definition) is 5. The molecule has 122 valence electrons. The third kappa shape index (κ3) is 3.82. The molecule has 7 heteroatoms. The van der Waals surface area contributed by atoms with Crippen LogP contribution in [0, 0.1) is 0 Å². The number of hydrogen-bond donors (Lipinski definition) is 1. The predicted octanol–water partition coefficient (Wildman–Crippen LogP) is 1.35. The molecule has 0 spiro atoms. The van der Waals surface area contributed by atoms with E-state index in [1.54, 1.807) is 0 Å². The van der Waals surface area contributed by atoms with Gasteiger partial charge in [-0.3, -0.25) is 9.69 Å². The molecule has 0 aliphatic carbocycles. The van der Waals surface area contributed by atoms with Gasteiger partial charge in [-0.2, -0.15) is 0 Å². The number of halogens is 1. The fraction of sp³-hybridized carbons (Fsp3) is 0.533. The Morgan fingerprint density at radius 1 is 1.27 bits per heavy atom. The Bertz CT molecular complexity index is 520. The number of morpholine rings is 1. The average Bonchev–Trinajstić information content (AvgIpc) is 2.96. The molecule has 0 saturated carbocycles. The first kappa shape index (κ1) is 16.9. The van der Waals surface area contributed by atoms with E-state index < -0.39 is 0 Å². The minimum atomic E-state index is -0.0194. The highest BCUT2D eigenvalue weighted by atomic mass is 35.5. The van der Waals surface area contributed by atoms with E-state index in [1.807, 2.05) is 18.2 Å². The van der Waals surface area contributed by atoms with Crippen LogP contribution in [0.4, 0.5) is 0 Å². The van der Waals surface area contributed by atoms with E-state index in [0.29, 0.717) is 6.54 Å². The van der Waals surface area contributed by atoms with Crippen LogP contribution in [0.15, 0.2) is 18.2 Å². The minimum Gasteiger partial charge on any atom is -0.454 e. The number of carbonyl (C=O) groups excluding carboxylic acids is 1. The Labute approximate surface area is 136 Å². The van der Waals surface area contributed by atoms with Crippen LogP contribution < -0.4 is 14.8 Å². The molecule has 2 aliphatic rings. The monoisotopic (exact) mass is 328 g/mol. The van der Waals surface area contributed by atoms with Crippen LogP contribution in [0.1, 0.15) is 18.5 Å². The van der Waals surface area contributed by atoms with Crippen molar-refractivity contribution in [3.63, 3.8) is 0 Å². The standard InChI is InChI=1S/C15H20N2O4.ClH/c1-11(18)16-9-13(17-4-6-19-7-5-17)12-2-3-14-15(8-12)21-10-20-14;/h2-3,8,13H,4-7,9-10H2,1H3,(H,16,18);1H. The Hall–Kier alpha value is -1.50. The van der Waals surface area contributed by atoms with Gasteiger partial charge in [-0.1, -0.05) is 6.07 Å². The lowest BCUT2D eigenvalue weighted by atomic mass is 10.0. The number of rotatable bonds is 4. The number of benzene rings is 1. The molecule has 2 heterocycles. The normalized spacial score (nSPS) is 18.4. The Morgan fingerprint density at radius 3 is 2.73 bits per heavy atom. The molecule has 1 unspecified atom stereocenters. The highest BCUT2D eigenvalue weighted by Crippen LogP contribution is 2.35. The van der Waals surface area contributed by atoms with E-state index in [-0.39, 0.29) is 31.1 Å². The van der Waals surface area contributed by atoms with Crippen LogP contribution in [0.25, 0.3) is 0 Å². The molecule has 1 aromatic rings. The summed E-state index contributed by atoms with van der Waals surface area (Å²) >= 11 is 0. The van der Waals surface area contributed by atoms with Crippen molar-refractivity contribution in [2.24, 2.45) is 0 Å². The maximum Gasteiger partial charge on any atom is 0.231 e. The molecule has 2 aliphatic heterocycles. The summed E-state index contributed by atoms with van der Waals surface area (Å²) in [6.07, 6.45) is 0. The first-order valence-corrected chi connectivity index (χ1v) is 7.20. The van der Waals surface area contributed by atoms with Crippen molar-refractivity contribution < 1.29 is 19.0 Å². The maximum atomic E-state index is 11.3. The molecule has 22 heavy (non-hydrogen) atoms. The molecular weight excluding hydrogens is 308 g/mol. The third-order valence-electron chi connectivity index (χ3n) is 3.81. The fourth-order valence-electron chi connectivity index (χ4n) is 2.71. The van der Waals surface area contributed by atoms with E-state index in [0.717, 1.165) is 43.4 Å². The molecular formula is C15H21ClN2O4. The molecule has 1 fully saturated rings. The first-order valence-electron chi connectivity index (χ1n) is 7.20. The zero-order chi connectivity index (χ0) is 14.7. The van der Waals surface area contributed by atoms with Gasteiger partial charge in [-0.05, 0) is 17.7 Å². The second-order valence-corrected chi connectivity index (χ2v) is 5.21. The summed E-state index contributed by atoms with van der Waals surface area (Å²) in [5, 5.41) is 2.92. The van der Waals surface area contributed by atoms with Crippen LogP contribution in [-0.4, -0.2) is 50.4 Å². The lowest BCUT2D eigenvalue weighted by Gasteiger charge is -2.34. The fourth-order valence-corrected chi connectivity index (χ4v) is 2.71. The highest BCUT2D eigenvalue weighted by Gasteiger charge is 2.25. The van der Waals surface area contributed by atoms with Gasteiger partial charge in [0.1, 0.15) is 0 Å². The van der Waals surface area contributed by atoms with Crippen LogP contribution in [0.2, 0.25) is 0 Å². The van der Waals surface area contributed by atoms with Gasteiger partial charge in [0.15, 0.2) is 11.5 Å². The first-order chi connectivity index (χ1) is 10.2. The zero-order valence-corrected chi connectivity index (χ0v) is 13.4. The summed E-state index contributed by atoms with van der Waals surface area (Å²) in [6, 6.07) is 6.09. The Kier molecular flexibility index (Phi) is 5.88. The van der Waals surface area contributed by atoms with Crippen molar-refractivity contribution >= 4 is 18.3 Å². The number of ether oxygens (including phenoxy) is 3. The van der Waals surface area contributed by atoms with Gasteiger partial charge in [-0.15, -0.1) is 12.4 Å². The smallest absolute Gasteiger partial charge is 0.231 e. The average molecular weight is 329 g/mol. The van der Waals surface area contributed by atoms with Crippen LogP contribution in [-0.2, 0) is 9.53 Å². The minimum absolute atomic E-state index is 0. The van der Waals surface area contributed by atoms with Crippen molar-refractivity contribution in [3.05, 3.63) is 23.8 Å². The van der Waals surface area contributed by atoms with E-state index in [4.69, 9.17) is 14.2 Å². The van der Waals surface area contributed by atoms with Crippen LogP contribution in [0.5, 0.6) is 11.5 Å². The number of amides is 1. The zero-order valence-electron chi connectivity index (χ0n) is 12.5. The van der Waals surface area contributed by atoms with Gasteiger partial charge in [0, 0.05) is 26.6 Å². The quantitative estimate of drug-likeness (QED) is 0.904. The van der Waals surface area contributed by atoms with Gasteiger partial charge >= 0.3 is 0 Å². The SMILES string of the molecule is CC(=O)NCC(c1ccc2c(c1)OCO2)N1CCOCC1.Cl. The topological polar surface area (TPSA) is 60.0 Å².